The molecule has 3 atom stereocenters. The van der Waals surface area contributed by atoms with Crippen molar-refractivity contribution in [1.82, 2.24) is 4.72 Å². The molecule has 0 bridgehead atoms. The van der Waals surface area contributed by atoms with Crippen molar-refractivity contribution in [2.24, 2.45) is 5.92 Å². The molecular formula is C29H33NO6S. The van der Waals surface area contributed by atoms with E-state index in [9.17, 15) is 13.2 Å². The second kappa shape index (κ2) is 12.4. The van der Waals surface area contributed by atoms with Crippen LogP contribution in [0.5, 0.6) is 5.75 Å². The third kappa shape index (κ3) is 6.97. The normalized spacial score (nSPS) is 18.6. The van der Waals surface area contributed by atoms with Crippen LogP contribution in [0.2, 0.25) is 0 Å². The molecule has 3 unspecified atom stereocenters. The summed E-state index contributed by atoms with van der Waals surface area (Å²) in [7, 11) is -1.08. The highest BCUT2D eigenvalue weighted by Crippen LogP contribution is 2.31. The number of hydrogen-bond acceptors (Lipinski definition) is 6. The maximum atomic E-state index is 13.3. The van der Waals surface area contributed by atoms with Crippen LogP contribution in [-0.2, 0) is 30.9 Å². The molecule has 4 rings (SSSR count). The summed E-state index contributed by atoms with van der Waals surface area (Å²) >= 11 is 0. The fraction of sp³-hybridized carbons (Fsp3) is 0.345. The Labute approximate surface area is 218 Å². The highest BCUT2D eigenvalue weighted by molar-refractivity contribution is 7.89. The largest absolute Gasteiger partial charge is 0.497 e. The Morgan fingerprint density at radius 1 is 0.919 bits per heavy atom. The van der Waals surface area contributed by atoms with E-state index >= 15 is 0 Å². The fourth-order valence-electron chi connectivity index (χ4n) is 4.73. The van der Waals surface area contributed by atoms with Gasteiger partial charge in [-0.25, -0.2) is 8.42 Å². The molecule has 3 aromatic rings. The van der Waals surface area contributed by atoms with Gasteiger partial charge in [0.15, 0.2) is 0 Å². The van der Waals surface area contributed by atoms with Gasteiger partial charge in [-0.15, -0.1) is 0 Å². The van der Waals surface area contributed by atoms with E-state index < -0.39 is 22.0 Å². The van der Waals surface area contributed by atoms with Gasteiger partial charge in [-0.1, -0.05) is 61.0 Å². The highest BCUT2D eigenvalue weighted by atomic mass is 32.2. The number of carbonyl (C=O) groups is 1. The monoisotopic (exact) mass is 523 g/mol. The van der Waals surface area contributed by atoms with Gasteiger partial charge in [0.05, 0.1) is 31.8 Å². The van der Waals surface area contributed by atoms with Gasteiger partial charge in [-0.3, -0.25) is 4.79 Å². The Balaban J connectivity index is 1.45. The molecule has 1 fully saturated rings. The predicted octanol–water partition coefficient (Wildman–Crippen LogP) is 4.96. The van der Waals surface area contributed by atoms with Crippen LogP contribution in [0, 0.1) is 5.92 Å². The molecule has 196 valence electrons. The first-order valence-corrected chi connectivity index (χ1v) is 13.9. The molecule has 37 heavy (non-hydrogen) atoms. The number of sulfonamides is 1. The van der Waals surface area contributed by atoms with Gasteiger partial charge in [0.25, 0.3) is 0 Å². The van der Waals surface area contributed by atoms with E-state index in [-0.39, 0.29) is 16.9 Å². The SMILES string of the molecule is COC(=O)C(NS(=O)(=O)c1ccc(-c2ccc(OC)cc2)cc1)C1CCCC(OCc2ccccc2)C1. The van der Waals surface area contributed by atoms with E-state index in [0.717, 1.165) is 35.3 Å². The van der Waals surface area contributed by atoms with Gasteiger partial charge >= 0.3 is 5.97 Å². The van der Waals surface area contributed by atoms with Crippen molar-refractivity contribution in [3.8, 4) is 16.9 Å². The molecule has 3 aromatic carbocycles. The molecule has 8 heteroatoms. The number of carbonyl (C=O) groups excluding carboxylic acids is 1. The quantitative estimate of drug-likeness (QED) is 0.378. The lowest BCUT2D eigenvalue weighted by Crippen LogP contribution is -2.48. The number of rotatable bonds is 10. The first-order chi connectivity index (χ1) is 17.9. The molecule has 0 spiro atoms. The second-order valence-electron chi connectivity index (χ2n) is 9.22. The van der Waals surface area contributed by atoms with Crippen LogP contribution in [0.3, 0.4) is 0 Å². The van der Waals surface area contributed by atoms with Gasteiger partial charge in [0.1, 0.15) is 11.8 Å². The Morgan fingerprint density at radius 3 is 2.19 bits per heavy atom. The molecule has 0 aromatic heterocycles. The Morgan fingerprint density at radius 2 is 1.57 bits per heavy atom. The summed E-state index contributed by atoms with van der Waals surface area (Å²) in [5, 5.41) is 0. The Hall–Kier alpha value is -3.20. The number of hydrogen-bond donors (Lipinski definition) is 1. The minimum atomic E-state index is -3.96. The summed E-state index contributed by atoms with van der Waals surface area (Å²) in [4.78, 5) is 12.8. The maximum Gasteiger partial charge on any atom is 0.324 e. The second-order valence-corrected chi connectivity index (χ2v) is 10.9. The zero-order chi connectivity index (χ0) is 26.3. The van der Waals surface area contributed by atoms with Crippen molar-refractivity contribution in [1.29, 1.82) is 0 Å². The van der Waals surface area contributed by atoms with Crippen LogP contribution in [-0.4, -0.2) is 40.8 Å². The van der Waals surface area contributed by atoms with E-state index in [0.29, 0.717) is 19.4 Å². The lowest BCUT2D eigenvalue weighted by Gasteiger charge is -2.33. The molecule has 0 heterocycles. The van der Waals surface area contributed by atoms with Crippen LogP contribution < -0.4 is 9.46 Å². The molecule has 1 aliphatic rings. The van der Waals surface area contributed by atoms with Crippen molar-refractivity contribution >= 4 is 16.0 Å². The Kier molecular flexibility index (Phi) is 8.97. The maximum absolute atomic E-state index is 13.3. The standard InChI is InChI=1S/C29H33NO6S/c1-34-25-15-11-22(12-16-25)23-13-17-27(18-14-23)37(32,33)30-28(29(31)35-2)24-9-6-10-26(19-24)36-20-21-7-4-3-5-8-21/h3-5,7-8,11-18,24,26,28,30H,6,9-10,19-20H2,1-2H3. The van der Waals surface area contributed by atoms with Crippen LogP contribution in [0.1, 0.15) is 31.2 Å². The van der Waals surface area contributed by atoms with E-state index in [1.165, 1.54) is 7.11 Å². The average Bonchev–Trinajstić information content (AvgIpc) is 2.95. The third-order valence-corrected chi connectivity index (χ3v) is 8.25. The molecule has 1 aliphatic carbocycles. The number of methoxy groups -OCH3 is 2. The average molecular weight is 524 g/mol. The number of nitrogens with one attached hydrogen (secondary N) is 1. The van der Waals surface area contributed by atoms with Crippen LogP contribution in [0.15, 0.2) is 83.8 Å². The summed E-state index contributed by atoms with van der Waals surface area (Å²) < 4.78 is 45.4. The smallest absolute Gasteiger partial charge is 0.324 e. The third-order valence-electron chi connectivity index (χ3n) is 6.79. The van der Waals surface area contributed by atoms with Gasteiger partial charge in [0.2, 0.25) is 10.0 Å². The minimum absolute atomic E-state index is 0.0561. The molecule has 7 nitrogen and oxygen atoms in total. The molecular weight excluding hydrogens is 490 g/mol. The van der Waals surface area contributed by atoms with Gasteiger partial charge in [-0.2, -0.15) is 4.72 Å². The van der Waals surface area contributed by atoms with E-state index in [2.05, 4.69) is 4.72 Å². The van der Waals surface area contributed by atoms with E-state index in [1.807, 2.05) is 54.6 Å². The molecule has 0 saturated heterocycles. The van der Waals surface area contributed by atoms with Gasteiger partial charge < -0.3 is 14.2 Å². The lowest BCUT2D eigenvalue weighted by molar-refractivity contribution is -0.145. The van der Waals surface area contributed by atoms with E-state index in [1.54, 1.807) is 31.4 Å². The first kappa shape index (κ1) is 26.9. The van der Waals surface area contributed by atoms with Crippen molar-refractivity contribution < 1.29 is 27.4 Å². The van der Waals surface area contributed by atoms with Gasteiger partial charge in [0, 0.05) is 0 Å². The molecule has 1 N–H and O–H groups in total. The lowest BCUT2D eigenvalue weighted by atomic mass is 9.82. The predicted molar refractivity (Wildman–Crippen MR) is 142 cm³/mol. The van der Waals surface area contributed by atoms with Crippen molar-refractivity contribution in [2.75, 3.05) is 14.2 Å². The highest BCUT2D eigenvalue weighted by Gasteiger charge is 2.37. The Bertz CT molecular complexity index is 1260. The minimum Gasteiger partial charge on any atom is -0.497 e. The number of esters is 1. The number of ether oxygens (including phenoxy) is 3. The first-order valence-electron chi connectivity index (χ1n) is 12.4. The summed E-state index contributed by atoms with van der Waals surface area (Å²) in [6.07, 6.45) is 2.95. The van der Waals surface area contributed by atoms with Gasteiger partial charge in [-0.05, 0) is 66.1 Å². The summed E-state index contributed by atoms with van der Waals surface area (Å²) in [6, 6.07) is 23.0. The summed E-state index contributed by atoms with van der Waals surface area (Å²) in [5.41, 5.74) is 2.89. The zero-order valence-corrected chi connectivity index (χ0v) is 21.9. The van der Waals surface area contributed by atoms with Crippen LogP contribution in [0.25, 0.3) is 11.1 Å². The molecule has 0 aliphatic heterocycles. The fourth-order valence-corrected chi connectivity index (χ4v) is 5.99. The summed E-state index contributed by atoms with van der Waals surface area (Å²) in [5.74, 6) is -0.0705. The molecule has 1 saturated carbocycles. The topological polar surface area (TPSA) is 90.9 Å². The number of benzene rings is 3. The summed E-state index contributed by atoms with van der Waals surface area (Å²) in [6.45, 7) is 0.480. The molecule has 0 amide bonds. The van der Waals surface area contributed by atoms with Crippen LogP contribution >= 0.6 is 0 Å². The van der Waals surface area contributed by atoms with Crippen molar-refractivity contribution in [3.63, 3.8) is 0 Å². The molecule has 0 radical (unpaired) electrons. The van der Waals surface area contributed by atoms with Crippen LogP contribution in [0.4, 0.5) is 0 Å². The zero-order valence-electron chi connectivity index (χ0n) is 21.1. The van der Waals surface area contributed by atoms with E-state index in [4.69, 9.17) is 14.2 Å². The van der Waals surface area contributed by atoms with Crippen molar-refractivity contribution in [3.05, 3.63) is 84.4 Å². The van der Waals surface area contributed by atoms with Crippen molar-refractivity contribution in [2.45, 2.75) is 49.3 Å².